The van der Waals surface area contributed by atoms with Crippen LogP contribution in [0.3, 0.4) is 0 Å². The first-order chi connectivity index (χ1) is 7.10. The molecule has 2 rings (SSSR count). The number of amides is 1. The molecule has 0 aromatic heterocycles. The third-order valence-corrected chi connectivity index (χ3v) is 3.68. The molecule has 0 spiro atoms. The molecule has 0 saturated heterocycles. The van der Waals surface area contributed by atoms with E-state index in [1.54, 1.807) is 18.2 Å². The van der Waals surface area contributed by atoms with Gasteiger partial charge in [0.05, 0.1) is 4.90 Å². The number of hydrogen-bond donors (Lipinski definition) is 0. The van der Waals surface area contributed by atoms with Crippen LogP contribution in [-0.2, 0) is 14.8 Å². The number of sulfonamides is 1. The van der Waals surface area contributed by atoms with Gasteiger partial charge in [0.1, 0.15) is 12.9 Å². The van der Waals surface area contributed by atoms with E-state index in [-0.39, 0.29) is 11.4 Å². The smallest absolute Gasteiger partial charge is 0.267 e. The molecule has 1 amide bonds. The van der Waals surface area contributed by atoms with Gasteiger partial charge in [0.25, 0.3) is 15.9 Å². The molecule has 0 unspecified atom stereocenters. The van der Waals surface area contributed by atoms with Crippen LogP contribution in [0.1, 0.15) is 0 Å². The highest BCUT2D eigenvalue weighted by Crippen LogP contribution is 2.15. The van der Waals surface area contributed by atoms with Crippen molar-refractivity contribution in [1.82, 2.24) is 4.31 Å². The van der Waals surface area contributed by atoms with Gasteiger partial charge in [-0.2, -0.15) is 0 Å². The van der Waals surface area contributed by atoms with Crippen molar-refractivity contribution < 1.29 is 13.2 Å². The Morgan fingerprint density at radius 3 is 2.40 bits per heavy atom. The Morgan fingerprint density at radius 1 is 1.20 bits per heavy atom. The predicted molar refractivity (Wildman–Crippen MR) is 53.8 cm³/mol. The number of rotatable bonds is 2. The van der Waals surface area contributed by atoms with Gasteiger partial charge in [-0.25, -0.2) is 17.7 Å². The fourth-order valence-corrected chi connectivity index (χ4v) is 2.44. The lowest BCUT2D eigenvalue weighted by Gasteiger charge is -2.13. The highest BCUT2D eigenvalue weighted by molar-refractivity contribution is 7.89. The Hall–Kier alpha value is -1.69. The summed E-state index contributed by atoms with van der Waals surface area (Å²) in [5.41, 5.74) is 0. The quantitative estimate of drug-likeness (QED) is 0.723. The Kier molecular flexibility index (Phi) is 2.28. The number of carbonyl (C=O) groups is 1. The minimum absolute atomic E-state index is 0.158. The van der Waals surface area contributed by atoms with Gasteiger partial charge < -0.3 is 0 Å². The van der Waals surface area contributed by atoms with Crippen LogP contribution in [0.25, 0.3) is 0 Å². The second-order valence-corrected chi connectivity index (χ2v) is 4.89. The third kappa shape index (κ3) is 1.75. The zero-order chi connectivity index (χ0) is 10.9. The maximum absolute atomic E-state index is 11.9. The van der Waals surface area contributed by atoms with Gasteiger partial charge in [-0.1, -0.05) is 18.2 Å². The van der Waals surface area contributed by atoms with Crippen molar-refractivity contribution in [3.8, 4) is 0 Å². The molecule has 0 atom stereocenters. The molecule has 0 bridgehead atoms. The van der Waals surface area contributed by atoms with Crippen molar-refractivity contribution in [2.24, 2.45) is 4.99 Å². The van der Waals surface area contributed by atoms with E-state index < -0.39 is 15.9 Å². The topological polar surface area (TPSA) is 66.8 Å². The van der Waals surface area contributed by atoms with Gasteiger partial charge >= 0.3 is 0 Å². The van der Waals surface area contributed by atoms with Crippen LogP contribution in [0.5, 0.6) is 0 Å². The summed E-state index contributed by atoms with van der Waals surface area (Å²) < 4.78 is 24.7. The van der Waals surface area contributed by atoms with E-state index in [2.05, 4.69) is 4.99 Å². The standard InChI is InChI=1S/C9H8N2O3S/c12-9-6-11(7-10-9)15(13,14)8-4-2-1-3-5-8/h1-5,7H,6H2. The molecule has 1 aliphatic heterocycles. The summed E-state index contributed by atoms with van der Waals surface area (Å²) in [4.78, 5) is 14.4. The minimum Gasteiger partial charge on any atom is -0.270 e. The molecule has 0 N–H and O–H groups in total. The van der Waals surface area contributed by atoms with Gasteiger partial charge in [0.2, 0.25) is 0 Å². The SMILES string of the molecule is O=C1CN(S(=O)(=O)c2ccccc2)C=N1. The first-order valence-electron chi connectivity index (χ1n) is 4.24. The zero-order valence-corrected chi connectivity index (χ0v) is 8.52. The molecule has 0 fully saturated rings. The second-order valence-electron chi connectivity index (χ2n) is 3.00. The number of benzene rings is 1. The number of aliphatic imine (C=N–C) groups is 1. The molecule has 78 valence electrons. The summed E-state index contributed by atoms with van der Waals surface area (Å²) >= 11 is 0. The number of carbonyl (C=O) groups excluding carboxylic acids is 1. The summed E-state index contributed by atoms with van der Waals surface area (Å²) in [7, 11) is -3.61. The summed E-state index contributed by atoms with van der Waals surface area (Å²) in [6, 6.07) is 7.93. The molecule has 0 saturated carbocycles. The highest BCUT2D eigenvalue weighted by atomic mass is 32.2. The molecule has 1 aromatic rings. The van der Waals surface area contributed by atoms with Crippen molar-refractivity contribution in [2.45, 2.75) is 4.90 Å². The van der Waals surface area contributed by atoms with Crippen LogP contribution in [0, 0.1) is 0 Å². The van der Waals surface area contributed by atoms with Gasteiger partial charge in [0, 0.05) is 0 Å². The molecule has 1 aliphatic rings. The Labute approximate surface area is 87.1 Å². The van der Waals surface area contributed by atoms with Crippen molar-refractivity contribution in [1.29, 1.82) is 0 Å². The Balaban J connectivity index is 2.37. The largest absolute Gasteiger partial charge is 0.270 e. The average Bonchev–Trinajstić information content (AvgIpc) is 2.67. The van der Waals surface area contributed by atoms with Crippen molar-refractivity contribution >= 4 is 22.3 Å². The van der Waals surface area contributed by atoms with E-state index in [1.165, 1.54) is 12.1 Å². The van der Waals surface area contributed by atoms with Gasteiger partial charge in [0.15, 0.2) is 0 Å². The van der Waals surface area contributed by atoms with Crippen molar-refractivity contribution in [2.75, 3.05) is 6.54 Å². The van der Waals surface area contributed by atoms with Gasteiger partial charge in [-0.05, 0) is 12.1 Å². The van der Waals surface area contributed by atoms with Crippen molar-refractivity contribution in [3.63, 3.8) is 0 Å². The molecule has 0 radical (unpaired) electrons. The molecule has 1 aromatic carbocycles. The monoisotopic (exact) mass is 224 g/mol. The molecular weight excluding hydrogens is 216 g/mol. The van der Waals surface area contributed by atoms with Crippen LogP contribution in [-0.4, -0.2) is 31.5 Å². The molecule has 15 heavy (non-hydrogen) atoms. The number of hydrogen-bond acceptors (Lipinski definition) is 3. The molecular formula is C9H8N2O3S. The first-order valence-corrected chi connectivity index (χ1v) is 5.68. The minimum atomic E-state index is -3.61. The normalized spacial score (nSPS) is 16.0. The Morgan fingerprint density at radius 2 is 1.87 bits per heavy atom. The van der Waals surface area contributed by atoms with Crippen LogP contribution >= 0.6 is 0 Å². The predicted octanol–water partition coefficient (Wildman–Crippen LogP) is 0.246. The van der Waals surface area contributed by atoms with Gasteiger partial charge in [-0.15, -0.1) is 0 Å². The highest BCUT2D eigenvalue weighted by Gasteiger charge is 2.27. The molecule has 0 aliphatic carbocycles. The van der Waals surface area contributed by atoms with E-state index >= 15 is 0 Å². The maximum atomic E-state index is 11.9. The van der Waals surface area contributed by atoms with Crippen LogP contribution in [0.4, 0.5) is 0 Å². The average molecular weight is 224 g/mol. The summed E-state index contributed by atoms with van der Waals surface area (Å²) in [5, 5.41) is 0. The molecule has 6 heteroatoms. The summed E-state index contributed by atoms with van der Waals surface area (Å²) in [6.45, 7) is -0.211. The first kappa shape index (κ1) is 9.85. The summed E-state index contributed by atoms with van der Waals surface area (Å²) in [6.07, 6.45) is 1.05. The van der Waals surface area contributed by atoms with E-state index in [9.17, 15) is 13.2 Å². The van der Waals surface area contributed by atoms with E-state index in [0.29, 0.717) is 0 Å². The zero-order valence-electron chi connectivity index (χ0n) is 7.70. The lowest BCUT2D eigenvalue weighted by atomic mass is 10.4. The van der Waals surface area contributed by atoms with E-state index in [4.69, 9.17) is 0 Å². The Bertz CT molecular complexity index is 507. The summed E-state index contributed by atoms with van der Waals surface area (Å²) in [5.74, 6) is -0.450. The van der Waals surface area contributed by atoms with Crippen LogP contribution in [0.15, 0.2) is 40.2 Å². The second kappa shape index (κ2) is 3.47. The van der Waals surface area contributed by atoms with Crippen LogP contribution in [0.2, 0.25) is 0 Å². The fourth-order valence-electron chi connectivity index (χ4n) is 1.22. The third-order valence-electron chi connectivity index (χ3n) is 1.97. The van der Waals surface area contributed by atoms with E-state index in [0.717, 1.165) is 10.6 Å². The maximum Gasteiger partial charge on any atom is 0.267 e. The van der Waals surface area contributed by atoms with Crippen LogP contribution < -0.4 is 0 Å². The van der Waals surface area contributed by atoms with Crippen molar-refractivity contribution in [3.05, 3.63) is 30.3 Å². The molecule has 5 nitrogen and oxygen atoms in total. The lowest BCUT2D eigenvalue weighted by molar-refractivity contribution is -0.116. The molecule has 1 heterocycles. The van der Waals surface area contributed by atoms with E-state index in [1.807, 2.05) is 0 Å². The van der Waals surface area contributed by atoms with Gasteiger partial charge in [-0.3, -0.25) is 4.79 Å². The number of nitrogens with zero attached hydrogens (tertiary/aromatic N) is 2. The fraction of sp³-hybridized carbons (Fsp3) is 0.111. The lowest BCUT2D eigenvalue weighted by Crippen LogP contribution is -2.29.